The molecule has 0 radical (unpaired) electrons. The summed E-state index contributed by atoms with van der Waals surface area (Å²) in [6.07, 6.45) is 6.07. The Hall–Kier alpha value is -4.44. The molecule has 0 saturated carbocycles. The number of piperazine rings is 1. The van der Waals surface area contributed by atoms with Gasteiger partial charge >= 0.3 is 33.9 Å². The molecule has 1 fully saturated rings. The molecule has 0 bridgehead atoms. The van der Waals surface area contributed by atoms with Crippen molar-refractivity contribution in [2.24, 2.45) is 28.2 Å². The summed E-state index contributed by atoms with van der Waals surface area (Å²) < 4.78 is 3.45. The number of nitrogens with zero attached hydrogens (tertiary/aromatic N) is 6. The Bertz CT molecular complexity index is 1420. The summed E-state index contributed by atoms with van der Waals surface area (Å²) in [5, 5.41) is 22.9. The van der Waals surface area contributed by atoms with Crippen LogP contribution in [0.15, 0.2) is 31.6 Å². The van der Waals surface area contributed by atoms with E-state index in [0.717, 1.165) is 18.9 Å². The zero-order chi connectivity index (χ0) is 26.9. The minimum Gasteiger partial charge on any atom is -0.299 e. The normalized spacial score (nSPS) is 18.2. The highest BCUT2D eigenvalue weighted by Crippen LogP contribution is 2.12. The van der Waals surface area contributed by atoms with Crippen LogP contribution >= 0.6 is 0 Å². The molecule has 192 valence electrons. The quantitative estimate of drug-likeness (QED) is 0.291. The predicted octanol–water partition coefficient (Wildman–Crippen LogP) is -4.28. The lowest BCUT2D eigenvalue weighted by Gasteiger charge is -2.25. The zero-order valence-electron chi connectivity index (χ0n) is 20.1. The number of quaternary nitrogens is 2. The smallest absolute Gasteiger partial charge is 0.299 e. The van der Waals surface area contributed by atoms with Gasteiger partial charge in [-0.3, -0.25) is 57.9 Å². The molecule has 0 unspecified atom stereocenters. The monoisotopic (exact) mass is 506 g/mol. The van der Waals surface area contributed by atoms with Gasteiger partial charge in [-0.25, -0.2) is 9.59 Å². The Morgan fingerprint density at radius 2 is 0.944 bits per heavy atom. The summed E-state index contributed by atoms with van der Waals surface area (Å²) in [6.45, 7) is 2.28. The summed E-state index contributed by atoms with van der Waals surface area (Å²) in [5.41, 5.74) is -4.93. The Kier molecular flexibility index (Phi) is 7.30. The van der Waals surface area contributed by atoms with E-state index in [0.29, 0.717) is 35.3 Å². The van der Waals surface area contributed by atoms with Gasteiger partial charge in [0.25, 0.3) is 0 Å². The topological polar surface area (TPSA) is 183 Å². The highest BCUT2D eigenvalue weighted by atomic mass is 16.6. The van der Waals surface area contributed by atoms with Crippen LogP contribution in [0.1, 0.15) is 11.4 Å². The number of rotatable bonds is 6. The first-order valence-corrected chi connectivity index (χ1v) is 10.8. The number of nitro groups is 2. The van der Waals surface area contributed by atoms with E-state index in [1.807, 2.05) is 0 Å². The van der Waals surface area contributed by atoms with Crippen molar-refractivity contribution in [3.63, 3.8) is 0 Å². The van der Waals surface area contributed by atoms with Crippen molar-refractivity contribution < 1.29 is 19.6 Å². The van der Waals surface area contributed by atoms with Gasteiger partial charge in [-0.2, -0.15) is 0 Å². The molecule has 3 heterocycles. The maximum absolute atomic E-state index is 12.2. The summed E-state index contributed by atoms with van der Waals surface area (Å²) in [7, 11) is 5.04. The minimum atomic E-state index is -0.989. The molecule has 0 amide bonds. The SMILES string of the molecule is Cn1c(C=C[NH+]2CC[NH+](C=Cc3c([N+](=O)[O-])c(=O)n(C)c(=O)n3C)CC2)c([N+](=O)[O-])c(=O)n(C)c1=O. The van der Waals surface area contributed by atoms with Gasteiger partial charge in [0.05, 0.1) is 22.2 Å². The van der Waals surface area contributed by atoms with E-state index < -0.39 is 43.7 Å². The fraction of sp³-hybridized carbons (Fsp3) is 0.400. The van der Waals surface area contributed by atoms with Crippen LogP contribution < -0.4 is 32.3 Å². The molecule has 0 aromatic carbocycles. The molecule has 1 aliphatic heterocycles. The van der Waals surface area contributed by atoms with E-state index in [9.17, 15) is 39.4 Å². The third kappa shape index (κ3) is 4.71. The lowest BCUT2D eigenvalue weighted by molar-refractivity contribution is -0.964. The van der Waals surface area contributed by atoms with E-state index in [-0.39, 0.29) is 11.4 Å². The Morgan fingerprint density at radius 3 is 1.22 bits per heavy atom. The highest BCUT2D eigenvalue weighted by Gasteiger charge is 2.27. The van der Waals surface area contributed by atoms with E-state index in [1.165, 1.54) is 40.3 Å². The number of nitrogens with one attached hydrogen (secondary N) is 2. The molecule has 0 atom stereocenters. The largest absolute Gasteiger partial charge is 0.357 e. The van der Waals surface area contributed by atoms with Crippen molar-refractivity contribution in [1.29, 1.82) is 0 Å². The number of hydrogen-bond donors (Lipinski definition) is 2. The second-order valence-electron chi connectivity index (χ2n) is 8.38. The van der Waals surface area contributed by atoms with Gasteiger partial charge < -0.3 is 0 Å². The summed E-state index contributed by atoms with van der Waals surface area (Å²) >= 11 is 0. The summed E-state index contributed by atoms with van der Waals surface area (Å²) in [6, 6.07) is 0. The van der Waals surface area contributed by atoms with Crippen LogP contribution in [0, 0.1) is 20.2 Å². The number of aromatic nitrogens is 4. The Morgan fingerprint density at radius 1 is 0.639 bits per heavy atom. The molecule has 2 N–H and O–H groups in total. The second-order valence-corrected chi connectivity index (χ2v) is 8.38. The lowest BCUT2D eigenvalue weighted by Crippen LogP contribution is -3.24. The highest BCUT2D eigenvalue weighted by molar-refractivity contribution is 5.56. The first-order valence-electron chi connectivity index (χ1n) is 10.8. The standard InChI is InChI=1S/C20H24N8O8/c1-21-13(15(27(33)34)17(29)23(3)19(21)31)5-7-25-9-11-26(12-10-25)8-6-14-16(28(35)36)18(30)24(4)20(32)22(14)2/h5-8H,9-12H2,1-4H3/p+2. The third-order valence-electron chi connectivity index (χ3n) is 6.22. The van der Waals surface area contributed by atoms with E-state index in [4.69, 9.17) is 0 Å². The predicted molar refractivity (Wildman–Crippen MR) is 127 cm³/mol. The Balaban J connectivity index is 1.80. The van der Waals surface area contributed by atoms with Crippen LogP contribution in [0.4, 0.5) is 11.4 Å². The molecule has 1 aliphatic rings. The van der Waals surface area contributed by atoms with Crippen molar-refractivity contribution in [2.45, 2.75) is 0 Å². The molecule has 16 heteroatoms. The number of hydrogen-bond acceptors (Lipinski definition) is 8. The molecular formula is C20H26N8O8+2. The van der Waals surface area contributed by atoms with Gasteiger partial charge in [-0.05, 0) is 0 Å². The van der Waals surface area contributed by atoms with Gasteiger partial charge in [-0.1, -0.05) is 0 Å². The molecule has 2 aromatic rings. The first kappa shape index (κ1) is 26.2. The van der Waals surface area contributed by atoms with Gasteiger partial charge in [0.15, 0.2) is 0 Å². The summed E-state index contributed by atoms with van der Waals surface area (Å²) in [5.74, 6) is 0. The van der Waals surface area contributed by atoms with Crippen molar-refractivity contribution >= 4 is 23.5 Å². The average molecular weight is 506 g/mol. The summed E-state index contributed by atoms with van der Waals surface area (Å²) in [4.78, 5) is 71.9. The fourth-order valence-corrected chi connectivity index (χ4v) is 4.03. The molecule has 3 rings (SSSR count). The van der Waals surface area contributed by atoms with Crippen LogP contribution in [0.2, 0.25) is 0 Å². The maximum atomic E-state index is 12.2. The molecule has 36 heavy (non-hydrogen) atoms. The third-order valence-corrected chi connectivity index (χ3v) is 6.22. The molecule has 16 nitrogen and oxygen atoms in total. The lowest BCUT2D eigenvalue weighted by atomic mass is 10.2. The van der Waals surface area contributed by atoms with Crippen LogP contribution in [0.5, 0.6) is 0 Å². The van der Waals surface area contributed by atoms with Gasteiger partial charge in [0.2, 0.25) is 0 Å². The average Bonchev–Trinajstić information content (AvgIpc) is 2.84. The first-order chi connectivity index (χ1) is 16.9. The van der Waals surface area contributed by atoms with Gasteiger partial charge in [-0.15, -0.1) is 0 Å². The van der Waals surface area contributed by atoms with Crippen molar-refractivity contribution in [3.05, 3.63) is 85.7 Å². The van der Waals surface area contributed by atoms with Crippen LogP contribution in [0.25, 0.3) is 12.2 Å². The van der Waals surface area contributed by atoms with Crippen LogP contribution in [0.3, 0.4) is 0 Å². The molecule has 2 aromatic heterocycles. The molecule has 1 saturated heterocycles. The van der Waals surface area contributed by atoms with Gasteiger partial charge in [0, 0.05) is 40.3 Å². The van der Waals surface area contributed by atoms with Crippen molar-refractivity contribution in [2.75, 3.05) is 26.2 Å². The molecular weight excluding hydrogens is 480 g/mol. The second kappa shape index (κ2) is 10.0. The van der Waals surface area contributed by atoms with E-state index in [1.54, 1.807) is 12.4 Å². The zero-order valence-corrected chi connectivity index (χ0v) is 20.1. The van der Waals surface area contributed by atoms with Crippen molar-refractivity contribution in [1.82, 2.24) is 18.3 Å². The molecule has 0 aliphatic carbocycles. The molecule has 0 spiro atoms. The van der Waals surface area contributed by atoms with Crippen molar-refractivity contribution in [3.8, 4) is 0 Å². The fourth-order valence-electron chi connectivity index (χ4n) is 4.03. The van der Waals surface area contributed by atoms with Crippen LogP contribution in [-0.2, 0) is 28.2 Å². The van der Waals surface area contributed by atoms with E-state index in [2.05, 4.69) is 0 Å². The maximum Gasteiger partial charge on any atom is 0.357 e. The van der Waals surface area contributed by atoms with Crippen LogP contribution in [-0.4, -0.2) is 54.3 Å². The minimum absolute atomic E-state index is 0.103. The Labute approximate surface area is 202 Å². The van der Waals surface area contributed by atoms with E-state index >= 15 is 0 Å². The van der Waals surface area contributed by atoms with Gasteiger partial charge in [0.1, 0.15) is 37.6 Å².